The Hall–Kier alpha value is -3.73. The molecule has 0 amide bonds. The molecule has 8 nitrogen and oxygen atoms in total. The van der Waals surface area contributed by atoms with Crippen molar-refractivity contribution in [2.45, 2.75) is 20.8 Å². The number of ether oxygens (including phenoxy) is 4. The maximum absolute atomic E-state index is 13.0. The number of Topliss-reactive ketones (excluding diaryl/α,β-unsaturated/α-hetero) is 1. The summed E-state index contributed by atoms with van der Waals surface area (Å²) in [5, 5.41) is 9.60. The number of hydrogen-bond donors (Lipinski definition) is 1. The number of carbonyl (C=O) groups is 2. The van der Waals surface area contributed by atoms with E-state index in [2.05, 4.69) is 4.98 Å². The predicted octanol–water partition coefficient (Wildman–Crippen LogP) is 3.62. The molecule has 0 saturated carbocycles. The first kappa shape index (κ1) is 22.6. The van der Waals surface area contributed by atoms with Crippen molar-refractivity contribution in [1.82, 2.24) is 4.98 Å². The van der Waals surface area contributed by atoms with Gasteiger partial charge in [0.05, 0.1) is 39.2 Å². The number of hydrogen-bond acceptors (Lipinski definition) is 7. The van der Waals surface area contributed by atoms with Crippen LogP contribution >= 0.6 is 0 Å². The van der Waals surface area contributed by atoms with Crippen LogP contribution in [0.2, 0.25) is 0 Å². The second-order valence-electron chi connectivity index (χ2n) is 6.30. The van der Waals surface area contributed by atoms with Crippen LogP contribution in [0.1, 0.15) is 44.6 Å². The van der Waals surface area contributed by atoms with Crippen molar-refractivity contribution in [2.75, 3.05) is 27.9 Å². The molecule has 0 radical (unpaired) electrons. The lowest BCUT2D eigenvalue weighted by molar-refractivity contribution is 0.0525. The van der Waals surface area contributed by atoms with E-state index in [0.717, 1.165) is 0 Å². The number of ketones is 1. The molecule has 158 valence electrons. The van der Waals surface area contributed by atoms with Crippen molar-refractivity contribution in [3.05, 3.63) is 45.8 Å². The molecule has 8 heteroatoms. The Kier molecular flexibility index (Phi) is 7.26. The molecule has 1 aromatic carbocycles. The van der Waals surface area contributed by atoms with Crippen molar-refractivity contribution in [1.29, 1.82) is 5.26 Å². The molecule has 1 aromatic heterocycles. The minimum atomic E-state index is -0.539. The normalized spacial score (nSPS) is 10.9. The van der Waals surface area contributed by atoms with Crippen LogP contribution in [0.5, 0.6) is 17.2 Å². The molecule has 0 fully saturated rings. The van der Waals surface area contributed by atoms with Crippen LogP contribution in [0.4, 0.5) is 0 Å². The Morgan fingerprint density at radius 1 is 1.10 bits per heavy atom. The number of esters is 1. The Morgan fingerprint density at radius 3 is 2.17 bits per heavy atom. The van der Waals surface area contributed by atoms with Crippen molar-refractivity contribution in [3.8, 4) is 23.3 Å². The summed E-state index contributed by atoms with van der Waals surface area (Å²) in [6.07, 6.45) is 1.42. The number of nitriles is 1. The number of aryl methyl sites for hydroxylation is 1. The lowest BCUT2D eigenvalue weighted by Crippen LogP contribution is -2.08. The lowest BCUT2D eigenvalue weighted by Gasteiger charge is -2.13. The van der Waals surface area contributed by atoms with E-state index in [-0.39, 0.29) is 17.9 Å². The third-order valence-corrected chi connectivity index (χ3v) is 4.51. The second-order valence-corrected chi connectivity index (χ2v) is 6.30. The largest absolute Gasteiger partial charge is 0.493 e. The SMILES string of the molecule is CCOC(=O)c1c(C)[nH]c(C(=O)/C(C#N)=C/c2cc(OC)c(OC)c(OC)c2)c1C. The third kappa shape index (κ3) is 4.30. The number of nitrogens with one attached hydrogen (secondary N) is 1. The van der Waals surface area contributed by atoms with Crippen molar-refractivity contribution in [3.63, 3.8) is 0 Å². The molecule has 2 rings (SSSR count). The zero-order valence-corrected chi connectivity index (χ0v) is 17.8. The molecule has 0 saturated heterocycles. The molecule has 0 spiro atoms. The van der Waals surface area contributed by atoms with Gasteiger partial charge < -0.3 is 23.9 Å². The Labute approximate surface area is 175 Å². The smallest absolute Gasteiger partial charge is 0.340 e. The van der Waals surface area contributed by atoms with Gasteiger partial charge in [0, 0.05) is 5.69 Å². The summed E-state index contributed by atoms with van der Waals surface area (Å²) < 4.78 is 20.9. The molecule has 0 aliphatic heterocycles. The standard InChI is InChI=1S/C22H24N2O6/c1-7-30-22(26)18-12(2)19(24-13(18)3)20(25)15(11-23)8-14-9-16(27-4)21(29-6)17(10-14)28-5/h8-10,24H,7H2,1-6H3/b15-8+. The van der Waals surface area contributed by atoms with Gasteiger partial charge in [0.1, 0.15) is 11.6 Å². The molecular formula is C22H24N2O6. The van der Waals surface area contributed by atoms with Gasteiger partial charge >= 0.3 is 5.97 Å². The Morgan fingerprint density at radius 2 is 1.70 bits per heavy atom. The maximum atomic E-state index is 13.0. The van der Waals surface area contributed by atoms with Crippen LogP contribution in [0, 0.1) is 25.2 Å². The van der Waals surface area contributed by atoms with Gasteiger partial charge in [-0.25, -0.2) is 4.79 Å². The van der Waals surface area contributed by atoms with Crippen LogP contribution in [-0.4, -0.2) is 44.7 Å². The van der Waals surface area contributed by atoms with Crippen molar-refractivity contribution >= 4 is 17.8 Å². The summed E-state index contributed by atoms with van der Waals surface area (Å²) in [5.41, 5.74) is 1.78. The number of H-pyrrole nitrogens is 1. The highest BCUT2D eigenvalue weighted by atomic mass is 16.5. The molecular weight excluding hydrogens is 388 g/mol. The van der Waals surface area contributed by atoms with Crippen molar-refractivity contribution < 1.29 is 28.5 Å². The number of aromatic nitrogens is 1. The topological polar surface area (TPSA) is 111 Å². The first-order chi connectivity index (χ1) is 14.3. The highest BCUT2D eigenvalue weighted by Gasteiger charge is 2.25. The maximum Gasteiger partial charge on any atom is 0.340 e. The van der Waals surface area contributed by atoms with E-state index in [0.29, 0.717) is 39.6 Å². The summed E-state index contributed by atoms with van der Waals surface area (Å²) in [7, 11) is 4.43. The van der Waals surface area contributed by atoms with Gasteiger partial charge in [-0.15, -0.1) is 0 Å². The molecule has 2 aromatic rings. The quantitative estimate of drug-likeness (QED) is 0.305. The number of nitrogens with zero attached hydrogens (tertiary/aromatic N) is 1. The Balaban J connectivity index is 2.52. The summed E-state index contributed by atoms with van der Waals surface area (Å²) in [6.45, 7) is 5.23. The van der Waals surface area contributed by atoms with Gasteiger partial charge in [-0.1, -0.05) is 0 Å². The van der Waals surface area contributed by atoms with E-state index >= 15 is 0 Å². The van der Waals surface area contributed by atoms with E-state index in [9.17, 15) is 14.9 Å². The molecule has 0 atom stereocenters. The minimum absolute atomic E-state index is 0.121. The molecule has 30 heavy (non-hydrogen) atoms. The fourth-order valence-corrected chi connectivity index (χ4v) is 3.12. The predicted molar refractivity (Wildman–Crippen MR) is 110 cm³/mol. The van der Waals surface area contributed by atoms with Gasteiger partial charge in [0.25, 0.3) is 0 Å². The van der Waals surface area contributed by atoms with Crippen molar-refractivity contribution in [2.24, 2.45) is 0 Å². The van der Waals surface area contributed by atoms with E-state index in [1.807, 2.05) is 6.07 Å². The van der Waals surface area contributed by atoms with Gasteiger partial charge in [0.2, 0.25) is 11.5 Å². The number of allylic oxidation sites excluding steroid dienone is 1. The average molecular weight is 412 g/mol. The highest BCUT2D eigenvalue weighted by Crippen LogP contribution is 2.38. The van der Waals surface area contributed by atoms with Crippen LogP contribution < -0.4 is 14.2 Å². The fourth-order valence-electron chi connectivity index (χ4n) is 3.12. The lowest BCUT2D eigenvalue weighted by atomic mass is 10.0. The van der Waals surface area contributed by atoms with Crippen LogP contribution in [0.3, 0.4) is 0 Å². The number of carbonyl (C=O) groups excluding carboxylic acids is 2. The minimum Gasteiger partial charge on any atom is -0.493 e. The Bertz CT molecular complexity index is 1020. The van der Waals surface area contributed by atoms with Gasteiger partial charge in [-0.3, -0.25) is 4.79 Å². The van der Waals surface area contributed by atoms with E-state index < -0.39 is 11.8 Å². The van der Waals surface area contributed by atoms with Crippen LogP contribution in [-0.2, 0) is 4.74 Å². The molecule has 0 bridgehead atoms. The molecule has 0 unspecified atom stereocenters. The zero-order chi connectivity index (χ0) is 22.4. The molecule has 0 aliphatic carbocycles. The highest BCUT2D eigenvalue weighted by molar-refractivity contribution is 6.15. The first-order valence-electron chi connectivity index (χ1n) is 9.15. The molecule has 1 N–H and O–H groups in total. The summed E-state index contributed by atoms with van der Waals surface area (Å²) in [4.78, 5) is 28.1. The van der Waals surface area contributed by atoms with E-state index in [4.69, 9.17) is 18.9 Å². The second kappa shape index (κ2) is 9.65. The van der Waals surface area contributed by atoms with Gasteiger partial charge in [-0.2, -0.15) is 5.26 Å². The van der Waals surface area contributed by atoms with Crippen LogP contribution in [0.25, 0.3) is 6.08 Å². The fraction of sp³-hybridized carbons (Fsp3) is 0.318. The number of benzene rings is 1. The number of methoxy groups -OCH3 is 3. The van der Waals surface area contributed by atoms with E-state index in [1.54, 1.807) is 32.9 Å². The zero-order valence-electron chi connectivity index (χ0n) is 17.8. The molecule has 1 heterocycles. The van der Waals surface area contributed by atoms with E-state index in [1.165, 1.54) is 27.4 Å². The van der Waals surface area contributed by atoms with Gasteiger partial charge in [-0.05, 0) is 50.1 Å². The summed E-state index contributed by atoms with van der Waals surface area (Å²) in [5.74, 6) is 0.128. The summed E-state index contributed by atoms with van der Waals surface area (Å²) >= 11 is 0. The number of rotatable bonds is 8. The third-order valence-electron chi connectivity index (χ3n) is 4.51. The first-order valence-corrected chi connectivity index (χ1v) is 9.15. The molecule has 0 aliphatic rings. The average Bonchev–Trinajstić information content (AvgIpc) is 3.04. The monoisotopic (exact) mass is 412 g/mol. The number of aromatic amines is 1. The van der Waals surface area contributed by atoms with Gasteiger partial charge in [0.15, 0.2) is 11.5 Å². The van der Waals surface area contributed by atoms with Crippen LogP contribution in [0.15, 0.2) is 17.7 Å². The summed E-state index contributed by atoms with van der Waals surface area (Å²) in [6, 6.07) is 5.18.